The summed E-state index contributed by atoms with van der Waals surface area (Å²) in [4.78, 5) is 11.7. The lowest BCUT2D eigenvalue weighted by atomic mass is 10.1. The van der Waals surface area contributed by atoms with Crippen molar-refractivity contribution in [3.05, 3.63) is 29.3 Å². The maximum atomic E-state index is 11.7. The fourth-order valence-corrected chi connectivity index (χ4v) is 1.75. The molecule has 1 atom stereocenters. The Bertz CT molecular complexity index is 403. The molecule has 2 amide bonds. The van der Waals surface area contributed by atoms with Gasteiger partial charge in [0.2, 0.25) is 0 Å². The zero-order valence-electron chi connectivity index (χ0n) is 11.3. The van der Waals surface area contributed by atoms with Gasteiger partial charge < -0.3 is 15.7 Å². The molecule has 0 bridgehead atoms. The number of hydrogen-bond acceptors (Lipinski definition) is 2. The fourth-order valence-electron chi connectivity index (χ4n) is 1.75. The van der Waals surface area contributed by atoms with E-state index in [0.717, 1.165) is 23.2 Å². The molecule has 3 N–H and O–H groups in total. The predicted molar refractivity (Wildman–Crippen MR) is 73.9 cm³/mol. The van der Waals surface area contributed by atoms with Crippen LogP contribution in [-0.2, 0) is 6.42 Å². The van der Waals surface area contributed by atoms with Crippen LogP contribution in [0.4, 0.5) is 10.5 Å². The minimum absolute atomic E-state index is 0.223. The van der Waals surface area contributed by atoms with E-state index in [1.54, 1.807) is 6.92 Å². The standard InChI is InChI=1S/C14H22N2O2/c1-4-12-7-5-6-10(2)13(12)16-14(18)15-9-8-11(3)17/h5-7,11,17H,4,8-9H2,1-3H3,(H2,15,16,18). The SMILES string of the molecule is CCc1cccc(C)c1NC(=O)NCCC(C)O. The van der Waals surface area contributed by atoms with Gasteiger partial charge in [0.1, 0.15) is 0 Å². The molecule has 1 unspecified atom stereocenters. The predicted octanol–water partition coefficient (Wildman–Crippen LogP) is 2.45. The molecule has 0 aliphatic heterocycles. The summed E-state index contributed by atoms with van der Waals surface area (Å²) in [5.74, 6) is 0. The van der Waals surface area contributed by atoms with E-state index in [0.29, 0.717) is 13.0 Å². The van der Waals surface area contributed by atoms with Gasteiger partial charge in [-0.1, -0.05) is 25.1 Å². The van der Waals surface area contributed by atoms with E-state index in [2.05, 4.69) is 17.6 Å². The molecule has 0 heterocycles. The molecule has 1 aromatic rings. The highest BCUT2D eigenvalue weighted by Crippen LogP contribution is 2.20. The van der Waals surface area contributed by atoms with Crippen LogP contribution in [0.1, 0.15) is 31.4 Å². The summed E-state index contributed by atoms with van der Waals surface area (Å²) >= 11 is 0. The van der Waals surface area contributed by atoms with Gasteiger partial charge in [-0.25, -0.2) is 4.79 Å². The van der Waals surface area contributed by atoms with E-state index < -0.39 is 6.10 Å². The third-order valence-electron chi connectivity index (χ3n) is 2.83. The van der Waals surface area contributed by atoms with Gasteiger partial charge in [-0.15, -0.1) is 0 Å². The van der Waals surface area contributed by atoms with E-state index in [9.17, 15) is 4.79 Å². The second-order valence-electron chi connectivity index (χ2n) is 4.48. The lowest BCUT2D eigenvalue weighted by Crippen LogP contribution is -2.31. The Labute approximate surface area is 108 Å². The van der Waals surface area contributed by atoms with Crippen LogP contribution in [0.15, 0.2) is 18.2 Å². The Balaban J connectivity index is 2.59. The Morgan fingerprint density at radius 3 is 2.78 bits per heavy atom. The summed E-state index contributed by atoms with van der Waals surface area (Å²) in [5, 5.41) is 14.7. The van der Waals surface area contributed by atoms with Crippen molar-refractivity contribution < 1.29 is 9.90 Å². The number of hydrogen-bond donors (Lipinski definition) is 3. The van der Waals surface area contributed by atoms with Gasteiger partial charge in [0.25, 0.3) is 0 Å². The van der Waals surface area contributed by atoms with Gasteiger partial charge >= 0.3 is 6.03 Å². The first-order valence-corrected chi connectivity index (χ1v) is 6.36. The monoisotopic (exact) mass is 250 g/mol. The van der Waals surface area contributed by atoms with E-state index in [1.807, 2.05) is 25.1 Å². The third-order valence-corrected chi connectivity index (χ3v) is 2.83. The summed E-state index contributed by atoms with van der Waals surface area (Å²) in [6.45, 7) is 6.21. The summed E-state index contributed by atoms with van der Waals surface area (Å²) in [6, 6.07) is 5.76. The lowest BCUT2D eigenvalue weighted by molar-refractivity contribution is 0.184. The molecule has 0 aliphatic rings. The number of amides is 2. The first-order chi connectivity index (χ1) is 8.54. The van der Waals surface area contributed by atoms with Crippen molar-refractivity contribution in [2.75, 3.05) is 11.9 Å². The van der Waals surface area contributed by atoms with Crippen LogP contribution in [-0.4, -0.2) is 23.8 Å². The molecular weight excluding hydrogens is 228 g/mol. The summed E-state index contributed by atoms with van der Waals surface area (Å²) < 4.78 is 0. The number of carbonyl (C=O) groups is 1. The van der Waals surface area contributed by atoms with Crippen molar-refractivity contribution in [1.82, 2.24) is 5.32 Å². The molecular formula is C14H22N2O2. The van der Waals surface area contributed by atoms with Crippen LogP contribution in [0.25, 0.3) is 0 Å². The number of para-hydroxylation sites is 1. The number of aliphatic hydroxyl groups is 1. The van der Waals surface area contributed by atoms with E-state index >= 15 is 0 Å². The Morgan fingerprint density at radius 1 is 1.44 bits per heavy atom. The minimum Gasteiger partial charge on any atom is -0.393 e. The number of urea groups is 1. The molecule has 4 heteroatoms. The first kappa shape index (κ1) is 14.5. The quantitative estimate of drug-likeness (QED) is 0.751. The molecule has 4 nitrogen and oxygen atoms in total. The number of carbonyl (C=O) groups excluding carboxylic acids is 1. The Morgan fingerprint density at radius 2 is 2.17 bits per heavy atom. The van der Waals surface area contributed by atoms with Crippen LogP contribution in [0.3, 0.4) is 0 Å². The van der Waals surface area contributed by atoms with Gasteiger partial charge in [-0.2, -0.15) is 0 Å². The average Bonchev–Trinajstić information content (AvgIpc) is 2.31. The second-order valence-corrected chi connectivity index (χ2v) is 4.48. The Hall–Kier alpha value is -1.55. The van der Waals surface area contributed by atoms with Crippen molar-refractivity contribution in [1.29, 1.82) is 0 Å². The zero-order chi connectivity index (χ0) is 13.5. The summed E-state index contributed by atoms with van der Waals surface area (Å²) in [5.41, 5.74) is 3.07. The first-order valence-electron chi connectivity index (χ1n) is 6.36. The average molecular weight is 250 g/mol. The second kappa shape index (κ2) is 7.01. The van der Waals surface area contributed by atoms with Gasteiger partial charge in [0, 0.05) is 12.2 Å². The molecule has 18 heavy (non-hydrogen) atoms. The van der Waals surface area contributed by atoms with Crippen molar-refractivity contribution in [3.8, 4) is 0 Å². The molecule has 0 spiro atoms. The molecule has 0 aliphatic carbocycles. The number of nitrogens with one attached hydrogen (secondary N) is 2. The maximum absolute atomic E-state index is 11.7. The molecule has 0 radical (unpaired) electrons. The van der Waals surface area contributed by atoms with Crippen molar-refractivity contribution in [3.63, 3.8) is 0 Å². The number of anilines is 1. The molecule has 0 saturated heterocycles. The molecule has 1 aromatic carbocycles. The van der Waals surface area contributed by atoms with Crippen LogP contribution < -0.4 is 10.6 Å². The lowest BCUT2D eigenvalue weighted by Gasteiger charge is -2.14. The molecule has 0 saturated carbocycles. The molecule has 100 valence electrons. The third kappa shape index (κ3) is 4.37. The number of rotatable bonds is 5. The highest BCUT2D eigenvalue weighted by atomic mass is 16.3. The van der Waals surface area contributed by atoms with Crippen molar-refractivity contribution in [2.24, 2.45) is 0 Å². The highest BCUT2D eigenvalue weighted by Gasteiger charge is 2.08. The van der Waals surface area contributed by atoms with E-state index in [-0.39, 0.29) is 6.03 Å². The zero-order valence-corrected chi connectivity index (χ0v) is 11.3. The number of aliphatic hydroxyl groups excluding tert-OH is 1. The van der Waals surface area contributed by atoms with Gasteiger partial charge in [0.05, 0.1) is 6.10 Å². The van der Waals surface area contributed by atoms with Crippen molar-refractivity contribution in [2.45, 2.75) is 39.7 Å². The summed E-state index contributed by atoms with van der Waals surface area (Å²) in [7, 11) is 0. The maximum Gasteiger partial charge on any atom is 0.319 e. The summed E-state index contributed by atoms with van der Waals surface area (Å²) in [6.07, 6.45) is 1.04. The Kier molecular flexibility index (Phi) is 5.65. The van der Waals surface area contributed by atoms with E-state index in [1.165, 1.54) is 0 Å². The normalized spacial score (nSPS) is 12.0. The highest BCUT2D eigenvalue weighted by molar-refractivity contribution is 5.91. The molecule has 1 rings (SSSR count). The van der Waals surface area contributed by atoms with Gasteiger partial charge in [0.15, 0.2) is 0 Å². The smallest absolute Gasteiger partial charge is 0.319 e. The van der Waals surface area contributed by atoms with Gasteiger partial charge in [-0.3, -0.25) is 0 Å². The van der Waals surface area contributed by atoms with Crippen molar-refractivity contribution >= 4 is 11.7 Å². The molecule has 0 aromatic heterocycles. The van der Waals surface area contributed by atoms with E-state index in [4.69, 9.17) is 5.11 Å². The largest absolute Gasteiger partial charge is 0.393 e. The van der Waals surface area contributed by atoms with Crippen LogP contribution in [0.5, 0.6) is 0 Å². The topological polar surface area (TPSA) is 61.4 Å². The minimum atomic E-state index is -0.394. The van der Waals surface area contributed by atoms with Gasteiger partial charge in [-0.05, 0) is 37.8 Å². The number of benzene rings is 1. The molecule has 0 fully saturated rings. The van der Waals surface area contributed by atoms with Crippen LogP contribution in [0, 0.1) is 6.92 Å². The fraction of sp³-hybridized carbons (Fsp3) is 0.500. The van der Waals surface area contributed by atoms with Crippen LogP contribution in [0.2, 0.25) is 0 Å². The number of aryl methyl sites for hydroxylation is 2. The van der Waals surface area contributed by atoms with Crippen LogP contribution >= 0.6 is 0 Å².